The molecule has 0 radical (unpaired) electrons. The van der Waals surface area contributed by atoms with E-state index >= 15 is 0 Å². The van der Waals surface area contributed by atoms with Gasteiger partial charge >= 0.3 is 12.1 Å². The Labute approximate surface area is 183 Å². The molecule has 158 valence electrons. The Morgan fingerprint density at radius 2 is 2.00 bits per heavy atom. The first-order chi connectivity index (χ1) is 15.0. The number of rotatable bonds is 6. The van der Waals surface area contributed by atoms with E-state index in [4.69, 9.17) is 9.26 Å². The standard InChI is InChI=1S/C20H16N4O5S2/c1-10(11-5-3-2-4-6-11)29-19(27)21-12-9-28-24-13(12)15-22-14-16(30-15)31-17(23-14)20(7-8-20)18(25)26/h2-6,9-10H,7-8H2,1H3,(H,21,27)(H,25,26). The molecule has 0 aliphatic heterocycles. The lowest BCUT2D eigenvalue weighted by molar-refractivity contribution is -0.140. The summed E-state index contributed by atoms with van der Waals surface area (Å²) in [5.41, 5.74) is 1.18. The minimum atomic E-state index is -0.856. The first-order valence-electron chi connectivity index (χ1n) is 9.45. The highest BCUT2D eigenvalue weighted by molar-refractivity contribution is 7.39. The topological polar surface area (TPSA) is 127 Å². The van der Waals surface area contributed by atoms with Crippen molar-refractivity contribution in [3.63, 3.8) is 0 Å². The van der Waals surface area contributed by atoms with Gasteiger partial charge in [-0.05, 0) is 25.3 Å². The lowest BCUT2D eigenvalue weighted by Crippen LogP contribution is -2.19. The van der Waals surface area contributed by atoms with Gasteiger partial charge in [-0.25, -0.2) is 14.8 Å². The van der Waals surface area contributed by atoms with Gasteiger partial charge in [-0.2, -0.15) is 0 Å². The highest BCUT2D eigenvalue weighted by atomic mass is 32.2. The van der Waals surface area contributed by atoms with E-state index < -0.39 is 23.6 Å². The van der Waals surface area contributed by atoms with Crippen LogP contribution in [0.2, 0.25) is 0 Å². The number of carboxylic acids is 1. The summed E-state index contributed by atoms with van der Waals surface area (Å²) in [7, 11) is 0. The maximum Gasteiger partial charge on any atom is 0.412 e. The van der Waals surface area contributed by atoms with Crippen molar-refractivity contribution in [1.29, 1.82) is 0 Å². The molecule has 1 atom stereocenters. The Hall–Kier alpha value is -3.31. The quantitative estimate of drug-likeness (QED) is 0.422. The number of carboxylic acid groups (broad SMARTS) is 1. The number of amides is 1. The fraction of sp³-hybridized carbons (Fsp3) is 0.250. The predicted octanol–water partition coefficient (Wildman–Crippen LogP) is 4.83. The molecule has 1 aliphatic rings. The number of nitrogens with zero attached hydrogens (tertiary/aromatic N) is 3. The van der Waals surface area contributed by atoms with Crippen molar-refractivity contribution in [2.45, 2.75) is 31.3 Å². The van der Waals surface area contributed by atoms with Gasteiger partial charge in [0.25, 0.3) is 0 Å². The van der Waals surface area contributed by atoms with E-state index in [1.807, 2.05) is 30.3 Å². The van der Waals surface area contributed by atoms with E-state index in [1.54, 1.807) is 6.92 Å². The largest absolute Gasteiger partial charge is 0.481 e. The van der Waals surface area contributed by atoms with Crippen molar-refractivity contribution in [2.75, 3.05) is 5.32 Å². The van der Waals surface area contributed by atoms with Gasteiger partial charge in [-0.1, -0.05) is 46.8 Å². The number of hydrogen-bond donors (Lipinski definition) is 2. The fourth-order valence-corrected chi connectivity index (χ4v) is 5.52. The molecule has 3 aromatic heterocycles. The minimum absolute atomic E-state index is 0.330. The maximum absolute atomic E-state index is 12.3. The molecule has 11 heteroatoms. The van der Waals surface area contributed by atoms with Crippen molar-refractivity contribution in [1.82, 2.24) is 15.1 Å². The van der Waals surface area contributed by atoms with Crippen LogP contribution < -0.4 is 5.32 Å². The van der Waals surface area contributed by atoms with E-state index in [0.29, 0.717) is 39.9 Å². The van der Waals surface area contributed by atoms with Crippen molar-refractivity contribution in [3.8, 4) is 10.7 Å². The third-order valence-corrected chi connectivity index (χ3v) is 7.50. The van der Waals surface area contributed by atoms with Crippen molar-refractivity contribution >= 4 is 50.1 Å². The summed E-state index contributed by atoms with van der Waals surface area (Å²) in [4.78, 5) is 32.8. The molecule has 0 saturated heterocycles. The number of anilines is 1. The lowest BCUT2D eigenvalue weighted by atomic mass is 10.1. The van der Waals surface area contributed by atoms with Crippen LogP contribution in [0.5, 0.6) is 0 Å². The van der Waals surface area contributed by atoms with Crippen LogP contribution in [0.4, 0.5) is 10.5 Å². The molecule has 5 rings (SSSR count). The fourth-order valence-electron chi connectivity index (χ4n) is 3.16. The number of thiazole rings is 2. The summed E-state index contributed by atoms with van der Waals surface area (Å²) in [6.45, 7) is 1.78. The maximum atomic E-state index is 12.3. The molecule has 2 N–H and O–H groups in total. The minimum Gasteiger partial charge on any atom is -0.481 e. The zero-order valence-corrected chi connectivity index (χ0v) is 17.8. The van der Waals surface area contributed by atoms with Gasteiger partial charge < -0.3 is 14.4 Å². The summed E-state index contributed by atoms with van der Waals surface area (Å²) in [5, 5.41) is 17.1. The Morgan fingerprint density at radius 1 is 1.23 bits per heavy atom. The van der Waals surface area contributed by atoms with Crippen molar-refractivity contribution in [2.24, 2.45) is 0 Å². The van der Waals surface area contributed by atoms with Gasteiger partial charge in [0.1, 0.15) is 32.5 Å². The Bertz CT molecular complexity index is 1240. The molecule has 1 fully saturated rings. The summed E-state index contributed by atoms with van der Waals surface area (Å²) in [6, 6.07) is 9.40. The van der Waals surface area contributed by atoms with E-state index in [0.717, 1.165) is 9.58 Å². The van der Waals surface area contributed by atoms with Crippen LogP contribution in [0.25, 0.3) is 20.4 Å². The number of nitrogens with one attached hydrogen (secondary N) is 1. The van der Waals surface area contributed by atoms with Crippen LogP contribution in [0.1, 0.15) is 36.4 Å². The molecule has 31 heavy (non-hydrogen) atoms. The summed E-state index contributed by atoms with van der Waals surface area (Å²) >= 11 is 2.65. The molecular weight excluding hydrogens is 440 g/mol. The van der Waals surface area contributed by atoms with Crippen LogP contribution in [0, 0.1) is 0 Å². The second-order valence-electron chi connectivity index (χ2n) is 7.20. The van der Waals surface area contributed by atoms with Crippen LogP contribution in [-0.2, 0) is 14.9 Å². The van der Waals surface area contributed by atoms with Gasteiger partial charge in [0.2, 0.25) is 0 Å². The van der Waals surface area contributed by atoms with E-state index in [2.05, 4.69) is 20.4 Å². The predicted molar refractivity (Wildman–Crippen MR) is 114 cm³/mol. The molecule has 0 spiro atoms. The molecule has 3 heterocycles. The van der Waals surface area contributed by atoms with Crippen molar-refractivity contribution < 1.29 is 24.0 Å². The zero-order chi connectivity index (χ0) is 21.6. The number of benzene rings is 1. The van der Waals surface area contributed by atoms with E-state index in [1.165, 1.54) is 28.9 Å². The average Bonchev–Trinajstić information content (AvgIpc) is 3.05. The second-order valence-corrected chi connectivity index (χ2v) is 9.45. The number of aromatic nitrogens is 3. The van der Waals surface area contributed by atoms with Gasteiger partial charge in [0, 0.05) is 0 Å². The van der Waals surface area contributed by atoms with E-state index in [9.17, 15) is 14.7 Å². The summed E-state index contributed by atoms with van der Waals surface area (Å²) < 4.78 is 11.3. The smallest absolute Gasteiger partial charge is 0.412 e. The van der Waals surface area contributed by atoms with Gasteiger partial charge in [0.15, 0.2) is 16.3 Å². The Morgan fingerprint density at radius 3 is 2.68 bits per heavy atom. The van der Waals surface area contributed by atoms with Crippen molar-refractivity contribution in [3.05, 3.63) is 47.2 Å². The molecule has 1 amide bonds. The molecule has 1 saturated carbocycles. The van der Waals surface area contributed by atoms with E-state index in [-0.39, 0.29) is 0 Å². The molecule has 4 aromatic rings. The number of fused-ring (bicyclic) bond motifs is 1. The second kappa shape index (κ2) is 7.43. The number of aliphatic carboxylic acids is 1. The molecule has 1 aliphatic carbocycles. The average molecular weight is 457 g/mol. The molecule has 1 aromatic carbocycles. The number of carbonyl (C=O) groups is 2. The summed E-state index contributed by atoms with van der Waals surface area (Å²) in [5.74, 6) is -0.847. The SMILES string of the molecule is CC(OC(=O)Nc1conc1-c1nc2nc(C3(C(=O)O)CC3)sc2s1)c1ccccc1. The molecule has 0 bridgehead atoms. The van der Waals surface area contributed by atoms with Gasteiger partial charge in [0.05, 0.1) is 0 Å². The number of ether oxygens (including phenoxy) is 1. The number of carbonyl (C=O) groups excluding carboxylic acids is 1. The van der Waals surface area contributed by atoms with Gasteiger partial charge in [-0.15, -0.1) is 11.3 Å². The lowest BCUT2D eigenvalue weighted by Gasteiger charge is -2.13. The van der Waals surface area contributed by atoms with Crippen LogP contribution in [0.15, 0.2) is 41.1 Å². The Balaban J connectivity index is 1.33. The number of hydrogen-bond acceptors (Lipinski definition) is 9. The monoisotopic (exact) mass is 456 g/mol. The normalized spacial score (nSPS) is 15.5. The van der Waals surface area contributed by atoms with Gasteiger partial charge in [-0.3, -0.25) is 10.1 Å². The molecular formula is C20H16N4O5S2. The van der Waals surface area contributed by atoms with Crippen LogP contribution in [-0.4, -0.2) is 32.3 Å². The van der Waals surface area contributed by atoms with Crippen LogP contribution >= 0.6 is 22.7 Å². The summed E-state index contributed by atoms with van der Waals surface area (Å²) in [6.07, 6.45) is 1.42. The first kappa shape index (κ1) is 19.6. The van der Waals surface area contributed by atoms with Crippen LogP contribution in [0.3, 0.4) is 0 Å². The highest BCUT2D eigenvalue weighted by Crippen LogP contribution is 2.51. The molecule has 1 unspecified atom stereocenters. The zero-order valence-electron chi connectivity index (χ0n) is 16.2. The molecule has 9 nitrogen and oxygen atoms in total. The first-order valence-corrected chi connectivity index (χ1v) is 11.1. The third-order valence-electron chi connectivity index (χ3n) is 5.11. The third kappa shape index (κ3) is 3.55. The Kier molecular flexibility index (Phi) is 4.71. The highest BCUT2D eigenvalue weighted by Gasteiger charge is 2.54.